The van der Waals surface area contributed by atoms with Gasteiger partial charge >= 0.3 is 5.69 Å². The summed E-state index contributed by atoms with van der Waals surface area (Å²) in [5.41, 5.74) is 0.606. The second-order valence-electron chi connectivity index (χ2n) is 5.22. The molecule has 7 heteroatoms. The lowest BCUT2D eigenvalue weighted by Crippen LogP contribution is -2.29. The highest BCUT2D eigenvalue weighted by Crippen LogP contribution is 2.33. The third-order valence-electron chi connectivity index (χ3n) is 3.88. The fourth-order valence-electron chi connectivity index (χ4n) is 2.85. The van der Waals surface area contributed by atoms with Crippen molar-refractivity contribution >= 4 is 23.3 Å². The summed E-state index contributed by atoms with van der Waals surface area (Å²) in [4.78, 5) is 10.9. The zero-order valence-electron chi connectivity index (χ0n) is 12.3. The predicted octanol–water partition coefficient (Wildman–Crippen LogP) is 3.21. The molecule has 0 aromatic carbocycles. The summed E-state index contributed by atoms with van der Waals surface area (Å²) in [5, 5.41) is 19.5. The summed E-state index contributed by atoms with van der Waals surface area (Å²) in [6.07, 6.45) is 6.69. The van der Waals surface area contributed by atoms with Crippen molar-refractivity contribution in [3.63, 3.8) is 0 Å². The Morgan fingerprint density at radius 3 is 2.90 bits per heavy atom. The summed E-state index contributed by atoms with van der Waals surface area (Å²) in [5.74, 6) is 0.571. The molecule has 0 radical (unpaired) electrons. The minimum atomic E-state index is -0.328. The van der Waals surface area contributed by atoms with Gasteiger partial charge in [0.1, 0.15) is 5.69 Å². The molecular formula is C13H22N4O2S. The Kier molecular flexibility index (Phi) is 4.91. The van der Waals surface area contributed by atoms with Crippen LogP contribution >= 0.6 is 11.8 Å². The van der Waals surface area contributed by atoms with Crippen LogP contribution in [0.5, 0.6) is 0 Å². The first-order valence-corrected chi connectivity index (χ1v) is 8.36. The number of thioether (sulfide) groups is 1. The molecule has 0 amide bonds. The number of anilines is 1. The molecule has 1 fully saturated rings. The van der Waals surface area contributed by atoms with Gasteiger partial charge in [0, 0.05) is 17.8 Å². The Labute approximate surface area is 123 Å². The van der Waals surface area contributed by atoms with Crippen LogP contribution in [0, 0.1) is 17.0 Å². The molecule has 0 bridgehead atoms. The Morgan fingerprint density at radius 2 is 2.30 bits per heavy atom. The van der Waals surface area contributed by atoms with E-state index in [1.807, 2.05) is 18.7 Å². The molecule has 1 aromatic heterocycles. The van der Waals surface area contributed by atoms with Gasteiger partial charge in [0.15, 0.2) is 0 Å². The van der Waals surface area contributed by atoms with E-state index in [1.54, 1.807) is 11.6 Å². The molecule has 2 rings (SSSR count). The quantitative estimate of drug-likeness (QED) is 0.667. The van der Waals surface area contributed by atoms with Crippen LogP contribution in [0.15, 0.2) is 0 Å². The van der Waals surface area contributed by atoms with Crippen LogP contribution in [0.25, 0.3) is 0 Å². The average molecular weight is 298 g/mol. The summed E-state index contributed by atoms with van der Waals surface area (Å²) < 4.78 is 1.70. The molecule has 1 aromatic rings. The zero-order valence-corrected chi connectivity index (χ0v) is 13.1. The van der Waals surface area contributed by atoms with Gasteiger partial charge in [-0.1, -0.05) is 6.42 Å². The molecule has 6 nitrogen and oxygen atoms in total. The van der Waals surface area contributed by atoms with E-state index < -0.39 is 0 Å². The van der Waals surface area contributed by atoms with Crippen molar-refractivity contribution in [3.8, 4) is 0 Å². The maximum absolute atomic E-state index is 11.2. The van der Waals surface area contributed by atoms with Crippen molar-refractivity contribution in [3.05, 3.63) is 15.8 Å². The minimum absolute atomic E-state index is 0.123. The molecule has 1 aliphatic rings. The van der Waals surface area contributed by atoms with E-state index in [-0.39, 0.29) is 10.6 Å². The van der Waals surface area contributed by atoms with Crippen molar-refractivity contribution in [2.75, 3.05) is 11.6 Å². The molecule has 1 saturated carbocycles. The Bertz CT molecular complexity index is 489. The number of aromatic nitrogens is 2. The predicted molar refractivity (Wildman–Crippen MR) is 82.5 cm³/mol. The van der Waals surface area contributed by atoms with Crippen LogP contribution in [0.3, 0.4) is 0 Å². The maximum atomic E-state index is 11.2. The minimum Gasteiger partial charge on any atom is -0.362 e. The molecule has 1 N–H and O–H groups in total. The molecule has 0 aliphatic heterocycles. The van der Waals surface area contributed by atoms with Crippen LogP contribution in [-0.2, 0) is 6.54 Å². The van der Waals surface area contributed by atoms with Gasteiger partial charge in [-0.25, -0.2) is 4.68 Å². The fraction of sp³-hybridized carbons (Fsp3) is 0.769. The third-order valence-corrected chi connectivity index (χ3v) is 4.97. The molecule has 2 atom stereocenters. The highest BCUT2D eigenvalue weighted by atomic mass is 32.2. The van der Waals surface area contributed by atoms with Gasteiger partial charge in [-0.3, -0.25) is 10.1 Å². The van der Waals surface area contributed by atoms with E-state index >= 15 is 0 Å². The maximum Gasteiger partial charge on any atom is 0.333 e. The lowest BCUT2D eigenvalue weighted by Gasteiger charge is -2.29. The van der Waals surface area contributed by atoms with Crippen molar-refractivity contribution in [2.45, 2.75) is 57.4 Å². The van der Waals surface area contributed by atoms with Gasteiger partial charge in [-0.2, -0.15) is 16.9 Å². The van der Waals surface area contributed by atoms with Crippen molar-refractivity contribution < 1.29 is 4.92 Å². The van der Waals surface area contributed by atoms with Crippen LogP contribution in [0.4, 0.5) is 11.5 Å². The van der Waals surface area contributed by atoms with Gasteiger partial charge in [-0.15, -0.1) is 0 Å². The molecule has 1 aliphatic carbocycles. The van der Waals surface area contributed by atoms with E-state index in [1.165, 1.54) is 12.8 Å². The highest BCUT2D eigenvalue weighted by molar-refractivity contribution is 7.99. The van der Waals surface area contributed by atoms with Gasteiger partial charge in [0.2, 0.25) is 5.82 Å². The Morgan fingerprint density at radius 1 is 1.55 bits per heavy atom. The number of hydrogen-bond donors (Lipinski definition) is 1. The molecule has 0 spiro atoms. The Hall–Kier alpha value is -1.24. The molecule has 20 heavy (non-hydrogen) atoms. The van der Waals surface area contributed by atoms with Crippen LogP contribution < -0.4 is 5.32 Å². The largest absolute Gasteiger partial charge is 0.362 e. The smallest absolute Gasteiger partial charge is 0.333 e. The fourth-order valence-corrected chi connectivity index (χ4v) is 3.67. The van der Waals surface area contributed by atoms with Gasteiger partial charge < -0.3 is 5.32 Å². The summed E-state index contributed by atoms with van der Waals surface area (Å²) >= 11 is 1.89. The van der Waals surface area contributed by atoms with E-state index in [0.717, 1.165) is 12.8 Å². The number of nitrogens with zero attached hydrogens (tertiary/aromatic N) is 3. The average Bonchev–Trinajstić information content (AvgIpc) is 2.75. The SMILES string of the molecule is CCn1nc(C)c([N+](=O)[O-])c1NC1CCCC(SC)C1. The second kappa shape index (κ2) is 6.47. The first-order valence-electron chi connectivity index (χ1n) is 7.07. The number of rotatable bonds is 5. The standard InChI is InChI=1S/C13H22N4O2S/c1-4-16-13(12(17(18)19)9(2)15-16)14-10-6-5-7-11(8-10)20-3/h10-11,14H,4-8H2,1-3H3. The van der Waals surface area contributed by atoms with Crippen LogP contribution in [-0.4, -0.2) is 32.3 Å². The van der Waals surface area contributed by atoms with Crippen molar-refractivity contribution in [1.29, 1.82) is 0 Å². The summed E-state index contributed by atoms with van der Waals surface area (Å²) in [7, 11) is 0. The third kappa shape index (κ3) is 3.08. The lowest BCUT2D eigenvalue weighted by atomic mass is 9.95. The number of nitro groups is 1. The number of nitrogens with one attached hydrogen (secondary N) is 1. The first kappa shape index (κ1) is 15.2. The lowest BCUT2D eigenvalue weighted by molar-refractivity contribution is -0.384. The highest BCUT2D eigenvalue weighted by Gasteiger charge is 2.28. The molecule has 1 heterocycles. The van der Waals surface area contributed by atoms with Crippen molar-refractivity contribution in [2.24, 2.45) is 0 Å². The molecule has 0 saturated heterocycles. The van der Waals surface area contributed by atoms with E-state index in [9.17, 15) is 10.1 Å². The summed E-state index contributed by atoms with van der Waals surface area (Å²) in [6, 6.07) is 0.307. The Balaban J connectivity index is 2.21. The van der Waals surface area contributed by atoms with Gasteiger partial charge in [0.05, 0.1) is 4.92 Å². The number of hydrogen-bond acceptors (Lipinski definition) is 5. The summed E-state index contributed by atoms with van der Waals surface area (Å²) in [6.45, 7) is 4.28. The molecule has 2 unspecified atom stereocenters. The van der Waals surface area contributed by atoms with Crippen molar-refractivity contribution in [1.82, 2.24) is 9.78 Å². The van der Waals surface area contributed by atoms with E-state index in [2.05, 4.69) is 16.7 Å². The normalized spacial score (nSPS) is 22.8. The monoisotopic (exact) mass is 298 g/mol. The first-order chi connectivity index (χ1) is 9.56. The molecule has 112 valence electrons. The van der Waals surface area contributed by atoms with E-state index in [0.29, 0.717) is 29.3 Å². The second-order valence-corrected chi connectivity index (χ2v) is 6.36. The molecular weight excluding hydrogens is 276 g/mol. The zero-order chi connectivity index (χ0) is 14.7. The van der Waals surface area contributed by atoms with Gasteiger partial charge in [-0.05, 0) is 39.4 Å². The topological polar surface area (TPSA) is 73.0 Å². The number of aryl methyl sites for hydroxylation is 2. The van der Waals surface area contributed by atoms with Crippen LogP contribution in [0.1, 0.15) is 38.3 Å². The van der Waals surface area contributed by atoms with Crippen LogP contribution in [0.2, 0.25) is 0 Å². The van der Waals surface area contributed by atoms with Gasteiger partial charge in [0.25, 0.3) is 0 Å². The van der Waals surface area contributed by atoms with E-state index in [4.69, 9.17) is 0 Å².